The monoisotopic (exact) mass is 379 g/mol. The maximum Gasteiger partial charge on any atom is 0.341 e. The zero-order valence-corrected chi connectivity index (χ0v) is 15.6. The van der Waals surface area contributed by atoms with Gasteiger partial charge in [0.2, 0.25) is 0 Å². The number of carbonyl (C=O) groups excluding carboxylic acids is 2. The second kappa shape index (κ2) is 8.13. The maximum atomic E-state index is 12.1. The summed E-state index contributed by atoms with van der Waals surface area (Å²) in [4.78, 5) is 24.8. The third-order valence-electron chi connectivity index (χ3n) is 3.39. The fourth-order valence-corrected chi connectivity index (χ4v) is 3.41. The quantitative estimate of drug-likeness (QED) is 0.471. The molecule has 6 nitrogen and oxygen atoms in total. The van der Waals surface area contributed by atoms with Crippen LogP contribution in [0.1, 0.15) is 45.0 Å². The Hall–Kier alpha value is -2.38. The van der Waals surface area contributed by atoms with Gasteiger partial charge in [0.25, 0.3) is 5.91 Å². The summed E-state index contributed by atoms with van der Waals surface area (Å²) in [5, 5.41) is 4.93. The number of nitrogen functional groups attached to an aromatic ring is 1. The molecule has 1 aromatic carbocycles. The number of hydrogen-bond acceptors (Lipinski definition) is 6. The second-order valence-corrected chi connectivity index (χ2v) is 6.65. The van der Waals surface area contributed by atoms with Crippen LogP contribution in [0.25, 0.3) is 0 Å². The molecule has 0 aliphatic carbocycles. The van der Waals surface area contributed by atoms with Gasteiger partial charge in [0.05, 0.1) is 22.8 Å². The molecular formula is C17H18ClN3O3S. The van der Waals surface area contributed by atoms with E-state index in [9.17, 15) is 9.59 Å². The van der Waals surface area contributed by atoms with Gasteiger partial charge in [0.1, 0.15) is 5.00 Å². The molecule has 25 heavy (non-hydrogen) atoms. The number of halogens is 1. The number of carbonyl (C=O) groups is 2. The van der Waals surface area contributed by atoms with Crippen molar-refractivity contribution < 1.29 is 14.3 Å². The molecule has 3 N–H and O–H groups in total. The minimum absolute atomic E-state index is 0.270. The highest BCUT2D eigenvalue weighted by atomic mass is 35.5. The van der Waals surface area contributed by atoms with Gasteiger partial charge in [-0.3, -0.25) is 4.79 Å². The molecule has 1 heterocycles. The third kappa shape index (κ3) is 4.37. The van der Waals surface area contributed by atoms with Gasteiger partial charge in [-0.25, -0.2) is 10.2 Å². The van der Waals surface area contributed by atoms with Crippen LogP contribution in [-0.4, -0.2) is 24.2 Å². The zero-order chi connectivity index (χ0) is 18.6. The molecule has 1 aromatic heterocycles. The zero-order valence-electron chi connectivity index (χ0n) is 14.1. The highest BCUT2D eigenvalue weighted by Crippen LogP contribution is 2.31. The van der Waals surface area contributed by atoms with Crippen LogP contribution in [0.2, 0.25) is 5.02 Å². The van der Waals surface area contributed by atoms with Gasteiger partial charge in [0, 0.05) is 10.6 Å². The van der Waals surface area contributed by atoms with Crippen molar-refractivity contribution in [1.82, 2.24) is 5.43 Å². The minimum Gasteiger partial charge on any atom is -0.462 e. The number of nitrogens with zero attached hydrogens (tertiary/aromatic N) is 1. The first-order chi connectivity index (χ1) is 11.8. The van der Waals surface area contributed by atoms with E-state index in [1.54, 1.807) is 45.0 Å². The normalized spacial score (nSPS) is 11.3. The van der Waals surface area contributed by atoms with Crippen LogP contribution >= 0.6 is 22.9 Å². The van der Waals surface area contributed by atoms with Crippen molar-refractivity contribution in [2.75, 3.05) is 12.3 Å². The molecule has 0 aliphatic heterocycles. The Morgan fingerprint density at radius 3 is 2.76 bits per heavy atom. The van der Waals surface area contributed by atoms with Gasteiger partial charge in [-0.2, -0.15) is 5.10 Å². The first-order valence-electron chi connectivity index (χ1n) is 7.51. The number of hydrazone groups is 1. The largest absolute Gasteiger partial charge is 0.462 e. The summed E-state index contributed by atoms with van der Waals surface area (Å²) in [6.07, 6.45) is 0. The topological polar surface area (TPSA) is 93.8 Å². The SMILES string of the molecule is CCOC(=O)c1c(N)sc(/C(C)=N\NC(=O)c2cccc(Cl)c2)c1C. The fourth-order valence-electron chi connectivity index (χ4n) is 2.22. The molecular weight excluding hydrogens is 362 g/mol. The number of nitrogens with one attached hydrogen (secondary N) is 1. The van der Waals surface area contributed by atoms with Crippen LogP contribution < -0.4 is 11.2 Å². The van der Waals surface area contributed by atoms with Crippen LogP contribution in [0, 0.1) is 6.92 Å². The molecule has 0 spiro atoms. The number of anilines is 1. The summed E-state index contributed by atoms with van der Waals surface area (Å²) in [6.45, 7) is 5.50. The first-order valence-corrected chi connectivity index (χ1v) is 8.71. The Morgan fingerprint density at radius 2 is 2.12 bits per heavy atom. The van der Waals surface area contributed by atoms with Crippen LogP contribution in [0.15, 0.2) is 29.4 Å². The molecule has 0 saturated carbocycles. The number of thiophene rings is 1. The van der Waals surface area contributed by atoms with Crippen LogP contribution in [0.4, 0.5) is 5.00 Å². The van der Waals surface area contributed by atoms with E-state index >= 15 is 0 Å². The molecule has 0 atom stereocenters. The molecule has 1 amide bonds. The lowest BCUT2D eigenvalue weighted by Gasteiger charge is -2.04. The lowest BCUT2D eigenvalue weighted by atomic mass is 10.1. The number of rotatable bonds is 5. The number of ether oxygens (including phenoxy) is 1. The molecule has 0 radical (unpaired) electrons. The van der Waals surface area contributed by atoms with Crippen molar-refractivity contribution in [3.63, 3.8) is 0 Å². The number of benzene rings is 1. The highest BCUT2D eigenvalue weighted by molar-refractivity contribution is 7.18. The molecule has 132 valence electrons. The summed E-state index contributed by atoms with van der Waals surface area (Å²) in [5.74, 6) is -0.842. The van der Waals surface area contributed by atoms with Crippen molar-refractivity contribution in [3.8, 4) is 0 Å². The van der Waals surface area contributed by atoms with Gasteiger partial charge >= 0.3 is 5.97 Å². The lowest BCUT2D eigenvalue weighted by Crippen LogP contribution is -2.19. The number of amides is 1. The number of hydrogen-bond donors (Lipinski definition) is 2. The van der Waals surface area contributed by atoms with E-state index in [4.69, 9.17) is 22.1 Å². The van der Waals surface area contributed by atoms with Gasteiger partial charge in [-0.1, -0.05) is 17.7 Å². The van der Waals surface area contributed by atoms with E-state index in [0.29, 0.717) is 37.3 Å². The first kappa shape index (κ1) is 19.0. The molecule has 2 aromatic rings. The fraction of sp³-hybridized carbons (Fsp3) is 0.235. The molecule has 2 rings (SSSR count). The molecule has 8 heteroatoms. The standard InChI is InChI=1S/C17H18ClN3O3S/c1-4-24-17(23)13-9(2)14(25-15(13)19)10(3)20-21-16(22)11-6-5-7-12(18)8-11/h5-8H,4,19H2,1-3H3,(H,21,22)/b20-10-. The molecule has 0 fully saturated rings. The molecule has 0 unspecified atom stereocenters. The van der Waals surface area contributed by atoms with Crippen LogP contribution in [0.3, 0.4) is 0 Å². The Bertz CT molecular complexity index is 846. The molecule has 0 aliphatic rings. The highest BCUT2D eigenvalue weighted by Gasteiger charge is 2.21. The van der Waals surface area contributed by atoms with E-state index in [2.05, 4.69) is 10.5 Å². The van der Waals surface area contributed by atoms with E-state index in [-0.39, 0.29) is 12.5 Å². The van der Waals surface area contributed by atoms with Crippen molar-refractivity contribution >= 4 is 45.5 Å². The van der Waals surface area contributed by atoms with Crippen LogP contribution in [0.5, 0.6) is 0 Å². The van der Waals surface area contributed by atoms with E-state index in [1.807, 2.05) is 0 Å². The average Bonchev–Trinajstić information content (AvgIpc) is 2.87. The predicted octanol–water partition coefficient (Wildman–Crippen LogP) is 3.62. The summed E-state index contributed by atoms with van der Waals surface area (Å²) in [5.41, 5.74) is 10.4. The summed E-state index contributed by atoms with van der Waals surface area (Å²) >= 11 is 7.10. The Balaban J connectivity index is 2.21. The van der Waals surface area contributed by atoms with Gasteiger partial charge < -0.3 is 10.5 Å². The Kier molecular flexibility index (Phi) is 6.17. The molecule has 0 saturated heterocycles. The van der Waals surface area contributed by atoms with Crippen LogP contribution in [-0.2, 0) is 4.74 Å². The van der Waals surface area contributed by atoms with Crippen molar-refractivity contribution in [2.24, 2.45) is 5.10 Å². The minimum atomic E-state index is -0.462. The van der Waals surface area contributed by atoms with Gasteiger partial charge in [-0.15, -0.1) is 11.3 Å². The van der Waals surface area contributed by atoms with E-state index in [1.165, 1.54) is 11.3 Å². The van der Waals surface area contributed by atoms with Gasteiger partial charge in [0.15, 0.2) is 0 Å². The lowest BCUT2D eigenvalue weighted by molar-refractivity contribution is 0.0527. The summed E-state index contributed by atoms with van der Waals surface area (Å²) in [6, 6.07) is 6.55. The Morgan fingerprint density at radius 1 is 1.40 bits per heavy atom. The summed E-state index contributed by atoms with van der Waals surface area (Å²) < 4.78 is 5.02. The van der Waals surface area contributed by atoms with Crippen molar-refractivity contribution in [1.29, 1.82) is 0 Å². The number of nitrogens with two attached hydrogens (primary N) is 1. The maximum absolute atomic E-state index is 12.1. The van der Waals surface area contributed by atoms with E-state index in [0.717, 1.165) is 0 Å². The average molecular weight is 380 g/mol. The van der Waals surface area contributed by atoms with E-state index < -0.39 is 5.97 Å². The van der Waals surface area contributed by atoms with Crippen molar-refractivity contribution in [3.05, 3.63) is 50.9 Å². The second-order valence-electron chi connectivity index (χ2n) is 5.16. The van der Waals surface area contributed by atoms with Gasteiger partial charge in [-0.05, 0) is 44.5 Å². The van der Waals surface area contributed by atoms with Crippen molar-refractivity contribution in [2.45, 2.75) is 20.8 Å². The number of esters is 1. The third-order valence-corrected chi connectivity index (χ3v) is 4.86. The molecule has 0 bridgehead atoms. The smallest absolute Gasteiger partial charge is 0.341 e. The Labute approximate surface area is 154 Å². The predicted molar refractivity (Wildman–Crippen MR) is 101 cm³/mol. The summed E-state index contributed by atoms with van der Waals surface area (Å²) in [7, 11) is 0.